The van der Waals surface area contributed by atoms with Gasteiger partial charge in [-0.05, 0) is 64.9 Å². The Morgan fingerprint density at radius 2 is 1.12 bits per heavy atom. The Hall–Kier alpha value is -5.67. The van der Waals surface area contributed by atoms with Crippen molar-refractivity contribution in [2.45, 2.75) is 0 Å². The van der Waals surface area contributed by atoms with E-state index in [1.54, 1.807) is 0 Å². The molecule has 0 aliphatic carbocycles. The van der Waals surface area contributed by atoms with E-state index in [0.29, 0.717) is 0 Å². The van der Waals surface area contributed by atoms with Crippen LogP contribution in [0.4, 0.5) is 0 Å². The molecule has 0 fully saturated rings. The molecule has 9 aromatic rings. The molecule has 0 radical (unpaired) electrons. The highest BCUT2D eigenvalue weighted by Crippen LogP contribution is 2.40. The number of hydrogen-bond donors (Lipinski definition) is 0. The largest absolute Gasteiger partial charge is 0.309 e. The number of rotatable bonds is 3. The molecular weight excluding hydrogens is 510 g/mol. The van der Waals surface area contributed by atoms with Crippen molar-refractivity contribution >= 4 is 54.5 Å². The summed E-state index contributed by atoms with van der Waals surface area (Å²) in [5, 5.41) is 6.14. The van der Waals surface area contributed by atoms with E-state index >= 15 is 0 Å². The minimum absolute atomic E-state index is 1.02. The van der Waals surface area contributed by atoms with Gasteiger partial charge in [0.05, 0.1) is 27.6 Å². The van der Waals surface area contributed by atoms with Crippen molar-refractivity contribution in [1.29, 1.82) is 0 Å². The summed E-state index contributed by atoms with van der Waals surface area (Å²) in [5.74, 6) is 0. The average Bonchev–Trinajstić information content (AvgIpc) is 3.58. The van der Waals surface area contributed by atoms with Crippen molar-refractivity contribution in [2.75, 3.05) is 0 Å². The molecule has 3 heteroatoms. The summed E-state index contributed by atoms with van der Waals surface area (Å²) >= 11 is 0. The van der Waals surface area contributed by atoms with Crippen LogP contribution in [0.2, 0.25) is 0 Å². The van der Waals surface area contributed by atoms with Crippen molar-refractivity contribution in [3.63, 3.8) is 0 Å². The van der Waals surface area contributed by atoms with E-state index in [4.69, 9.17) is 4.98 Å². The summed E-state index contributed by atoms with van der Waals surface area (Å²) < 4.78 is 4.77. The number of fused-ring (bicyclic) bond motifs is 7. The van der Waals surface area contributed by atoms with Gasteiger partial charge in [0.25, 0.3) is 0 Å². The Labute approximate surface area is 242 Å². The maximum atomic E-state index is 4.91. The Morgan fingerprint density at radius 3 is 1.98 bits per heavy atom. The first-order chi connectivity index (χ1) is 20.8. The lowest BCUT2D eigenvalue weighted by Gasteiger charge is -2.13. The maximum absolute atomic E-state index is 4.91. The van der Waals surface area contributed by atoms with Crippen LogP contribution in [-0.4, -0.2) is 14.1 Å². The van der Waals surface area contributed by atoms with Crippen molar-refractivity contribution in [3.05, 3.63) is 152 Å². The van der Waals surface area contributed by atoms with Gasteiger partial charge < -0.3 is 9.13 Å². The fourth-order valence-electron chi connectivity index (χ4n) is 6.68. The summed E-state index contributed by atoms with van der Waals surface area (Å²) in [6, 6.07) is 52.3. The number of nitrogens with zero attached hydrogens (tertiary/aromatic N) is 3. The van der Waals surface area contributed by atoms with E-state index in [2.05, 4.69) is 155 Å². The molecule has 9 rings (SSSR count). The Bertz CT molecular complexity index is 2460. The molecule has 3 nitrogen and oxygen atoms in total. The summed E-state index contributed by atoms with van der Waals surface area (Å²) in [6.07, 6.45) is 1.95. The molecule has 0 spiro atoms. The van der Waals surface area contributed by atoms with Crippen molar-refractivity contribution in [3.8, 4) is 22.5 Å². The molecule has 0 aliphatic heterocycles. The summed E-state index contributed by atoms with van der Waals surface area (Å²) in [6.45, 7) is 0. The SMILES string of the molecule is c1ccc(-n2c3ccccc3c3nccc(-c4ccc5c6ccccc6n(-c6ccc7ccccc7c6)c5c4)c32)cc1. The van der Waals surface area contributed by atoms with Gasteiger partial charge in [0, 0.05) is 39.3 Å². The molecule has 0 saturated carbocycles. The number of hydrogen-bond acceptors (Lipinski definition) is 1. The van der Waals surface area contributed by atoms with Gasteiger partial charge in [-0.3, -0.25) is 4.98 Å². The third kappa shape index (κ3) is 3.31. The second-order valence-electron chi connectivity index (χ2n) is 10.9. The smallest absolute Gasteiger partial charge is 0.0969 e. The van der Waals surface area contributed by atoms with E-state index in [9.17, 15) is 0 Å². The normalized spacial score (nSPS) is 11.8. The lowest BCUT2D eigenvalue weighted by Crippen LogP contribution is -1.96. The Morgan fingerprint density at radius 1 is 0.429 bits per heavy atom. The molecule has 0 bridgehead atoms. The number of para-hydroxylation sites is 3. The molecule has 0 unspecified atom stereocenters. The van der Waals surface area contributed by atoms with Crippen LogP contribution in [0.3, 0.4) is 0 Å². The highest BCUT2D eigenvalue weighted by Gasteiger charge is 2.19. The fourth-order valence-corrected chi connectivity index (χ4v) is 6.68. The van der Waals surface area contributed by atoms with E-state index in [-0.39, 0.29) is 0 Å². The van der Waals surface area contributed by atoms with E-state index < -0.39 is 0 Å². The van der Waals surface area contributed by atoms with Gasteiger partial charge in [-0.15, -0.1) is 0 Å². The quantitative estimate of drug-likeness (QED) is 0.221. The van der Waals surface area contributed by atoms with Crippen molar-refractivity contribution in [1.82, 2.24) is 14.1 Å². The van der Waals surface area contributed by atoms with Crippen LogP contribution in [0, 0.1) is 0 Å². The lowest BCUT2D eigenvalue weighted by molar-refractivity contribution is 1.17. The number of benzene rings is 6. The van der Waals surface area contributed by atoms with Gasteiger partial charge >= 0.3 is 0 Å². The zero-order valence-electron chi connectivity index (χ0n) is 22.8. The molecule has 3 heterocycles. The average molecular weight is 536 g/mol. The minimum atomic E-state index is 1.02. The molecule has 0 amide bonds. The van der Waals surface area contributed by atoms with Gasteiger partial charge in [0.2, 0.25) is 0 Å². The van der Waals surface area contributed by atoms with Gasteiger partial charge in [-0.1, -0.05) is 97.1 Å². The van der Waals surface area contributed by atoms with Crippen LogP contribution in [-0.2, 0) is 0 Å². The summed E-state index contributed by atoms with van der Waals surface area (Å²) in [7, 11) is 0. The predicted octanol–water partition coefficient (Wildman–Crippen LogP) is 10.1. The van der Waals surface area contributed by atoms with Crippen LogP contribution < -0.4 is 0 Å². The predicted molar refractivity (Wildman–Crippen MR) is 176 cm³/mol. The summed E-state index contributed by atoms with van der Waals surface area (Å²) in [4.78, 5) is 4.91. The standard InChI is InChI=1S/C39H25N3/c1-2-12-29(13-3-1)42-36-17-9-7-15-34(36)38-39(42)31(22-23-40-38)28-19-21-33-32-14-6-8-16-35(32)41(37(33)25-28)30-20-18-26-10-4-5-11-27(26)24-30/h1-25H. The zero-order chi connectivity index (χ0) is 27.6. The topological polar surface area (TPSA) is 22.8 Å². The van der Waals surface area contributed by atoms with Crippen LogP contribution in [0.15, 0.2) is 152 Å². The number of pyridine rings is 1. The second kappa shape index (κ2) is 8.92. The van der Waals surface area contributed by atoms with Crippen LogP contribution >= 0.6 is 0 Å². The van der Waals surface area contributed by atoms with Crippen LogP contribution in [0.25, 0.3) is 77.0 Å². The number of aromatic nitrogens is 3. The van der Waals surface area contributed by atoms with Crippen molar-refractivity contribution in [2.24, 2.45) is 0 Å². The highest BCUT2D eigenvalue weighted by molar-refractivity contribution is 6.14. The van der Waals surface area contributed by atoms with Gasteiger partial charge in [-0.25, -0.2) is 0 Å². The second-order valence-corrected chi connectivity index (χ2v) is 10.9. The minimum Gasteiger partial charge on any atom is -0.309 e. The van der Waals surface area contributed by atoms with Gasteiger partial charge in [0.15, 0.2) is 0 Å². The molecule has 42 heavy (non-hydrogen) atoms. The first kappa shape index (κ1) is 23.1. The molecule has 6 aromatic carbocycles. The lowest BCUT2D eigenvalue weighted by atomic mass is 10.0. The molecule has 0 atom stereocenters. The molecule has 3 aromatic heterocycles. The Kier molecular flexibility index (Phi) is 4.90. The molecule has 196 valence electrons. The van der Waals surface area contributed by atoms with E-state index in [0.717, 1.165) is 38.9 Å². The van der Waals surface area contributed by atoms with E-state index in [1.807, 2.05) is 6.20 Å². The van der Waals surface area contributed by atoms with Crippen LogP contribution in [0.5, 0.6) is 0 Å². The first-order valence-electron chi connectivity index (χ1n) is 14.3. The summed E-state index contributed by atoms with van der Waals surface area (Å²) in [5.41, 5.74) is 10.3. The zero-order valence-corrected chi connectivity index (χ0v) is 22.8. The van der Waals surface area contributed by atoms with Crippen LogP contribution in [0.1, 0.15) is 0 Å². The fraction of sp³-hybridized carbons (Fsp3) is 0. The van der Waals surface area contributed by atoms with Crippen molar-refractivity contribution < 1.29 is 0 Å². The maximum Gasteiger partial charge on any atom is 0.0969 e. The highest BCUT2D eigenvalue weighted by atomic mass is 15.0. The Balaban J connectivity index is 1.37. The third-order valence-electron chi connectivity index (χ3n) is 8.54. The monoisotopic (exact) mass is 535 g/mol. The molecule has 0 N–H and O–H groups in total. The van der Waals surface area contributed by atoms with Gasteiger partial charge in [-0.2, -0.15) is 0 Å². The molecular formula is C39H25N3. The van der Waals surface area contributed by atoms with Gasteiger partial charge in [0.1, 0.15) is 0 Å². The first-order valence-corrected chi connectivity index (χ1v) is 14.3. The van der Waals surface area contributed by atoms with E-state index in [1.165, 1.54) is 38.1 Å². The molecule has 0 aliphatic rings. The third-order valence-corrected chi connectivity index (χ3v) is 8.54. The molecule has 0 saturated heterocycles.